The molecule has 1 fully saturated rings. The number of rotatable bonds is 5. The molecule has 0 aromatic carbocycles. The molecular weight excluding hydrogens is 198 g/mol. The molecule has 1 heterocycles. The SMILES string of the molecule is CCCC(=O)CC(=O)N[C@@H]1CCOC1=O. The van der Waals surface area contributed by atoms with Gasteiger partial charge in [-0.2, -0.15) is 0 Å². The number of carbonyl (C=O) groups excluding carboxylic acids is 3. The summed E-state index contributed by atoms with van der Waals surface area (Å²) in [6.45, 7) is 2.22. The Bertz CT molecular complexity index is 275. The van der Waals surface area contributed by atoms with Crippen molar-refractivity contribution in [2.45, 2.75) is 38.6 Å². The highest BCUT2D eigenvalue weighted by Crippen LogP contribution is 2.06. The summed E-state index contributed by atoms with van der Waals surface area (Å²) in [7, 11) is 0. The first kappa shape index (κ1) is 11.7. The summed E-state index contributed by atoms with van der Waals surface area (Å²) in [5.41, 5.74) is 0. The highest BCUT2D eigenvalue weighted by molar-refractivity contribution is 5.99. The molecule has 5 nitrogen and oxygen atoms in total. The molecule has 0 radical (unpaired) electrons. The number of amides is 1. The van der Waals surface area contributed by atoms with Gasteiger partial charge in [0.1, 0.15) is 11.8 Å². The van der Waals surface area contributed by atoms with Crippen LogP contribution in [0.4, 0.5) is 0 Å². The average molecular weight is 213 g/mol. The van der Waals surface area contributed by atoms with Crippen molar-refractivity contribution in [2.24, 2.45) is 0 Å². The molecule has 0 bridgehead atoms. The maximum Gasteiger partial charge on any atom is 0.328 e. The second-order valence-electron chi connectivity index (χ2n) is 3.54. The molecule has 1 amide bonds. The quantitative estimate of drug-likeness (QED) is 0.522. The van der Waals surface area contributed by atoms with Crippen LogP contribution in [-0.2, 0) is 19.1 Å². The predicted octanol–water partition coefficient (Wildman–Crippen LogP) is 0.177. The molecule has 0 aromatic heterocycles. The van der Waals surface area contributed by atoms with E-state index >= 15 is 0 Å². The highest BCUT2D eigenvalue weighted by atomic mass is 16.5. The topological polar surface area (TPSA) is 72.5 Å². The molecule has 1 atom stereocenters. The van der Waals surface area contributed by atoms with Crippen molar-refractivity contribution in [3.63, 3.8) is 0 Å². The van der Waals surface area contributed by atoms with Crippen molar-refractivity contribution < 1.29 is 19.1 Å². The lowest BCUT2D eigenvalue weighted by atomic mass is 10.1. The minimum Gasteiger partial charge on any atom is -0.464 e. The van der Waals surface area contributed by atoms with Gasteiger partial charge in [0.25, 0.3) is 0 Å². The highest BCUT2D eigenvalue weighted by Gasteiger charge is 2.28. The molecule has 0 aliphatic carbocycles. The Balaban J connectivity index is 2.29. The van der Waals surface area contributed by atoms with Crippen LogP contribution in [0.3, 0.4) is 0 Å². The Morgan fingerprint density at radius 1 is 1.53 bits per heavy atom. The van der Waals surface area contributed by atoms with E-state index < -0.39 is 17.9 Å². The lowest BCUT2D eigenvalue weighted by Crippen LogP contribution is -2.38. The Morgan fingerprint density at radius 3 is 2.80 bits per heavy atom. The molecule has 0 spiro atoms. The van der Waals surface area contributed by atoms with E-state index in [4.69, 9.17) is 0 Å². The van der Waals surface area contributed by atoms with Crippen molar-refractivity contribution in [2.75, 3.05) is 6.61 Å². The number of hydrogen-bond donors (Lipinski definition) is 1. The lowest BCUT2D eigenvalue weighted by Gasteiger charge is -2.07. The van der Waals surface area contributed by atoms with E-state index in [2.05, 4.69) is 10.1 Å². The maximum atomic E-state index is 11.3. The summed E-state index contributed by atoms with van der Waals surface area (Å²) in [6.07, 6.45) is 1.49. The molecule has 0 saturated carbocycles. The molecule has 1 aliphatic heterocycles. The number of esters is 1. The second kappa shape index (κ2) is 5.48. The molecular formula is C10H15NO4. The Labute approximate surface area is 88.2 Å². The fraction of sp³-hybridized carbons (Fsp3) is 0.700. The smallest absolute Gasteiger partial charge is 0.328 e. The van der Waals surface area contributed by atoms with Gasteiger partial charge in [0.05, 0.1) is 13.0 Å². The largest absolute Gasteiger partial charge is 0.464 e. The van der Waals surface area contributed by atoms with Crippen LogP contribution >= 0.6 is 0 Å². The van der Waals surface area contributed by atoms with Gasteiger partial charge >= 0.3 is 5.97 Å². The van der Waals surface area contributed by atoms with Crippen LogP contribution < -0.4 is 5.32 Å². The van der Waals surface area contributed by atoms with E-state index in [0.717, 1.165) is 6.42 Å². The fourth-order valence-electron chi connectivity index (χ4n) is 1.42. The van der Waals surface area contributed by atoms with Gasteiger partial charge in [0.2, 0.25) is 5.91 Å². The first-order chi connectivity index (χ1) is 7.13. The van der Waals surface area contributed by atoms with Gasteiger partial charge in [-0.05, 0) is 6.42 Å². The zero-order valence-corrected chi connectivity index (χ0v) is 8.75. The minimum absolute atomic E-state index is 0.0960. The van der Waals surface area contributed by atoms with Crippen molar-refractivity contribution >= 4 is 17.7 Å². The number of hydrogen-bond acceptors (Lipinski definition) is 4. The standard InChI is InChI=1S/C10H15NO4/c1-2-3-7(12)6-9(13)11-8-4-5-15-10(8)14/h8H,2-6H2,1H3,(H,11,13)/t8-/m1/s1. The van der Waals surface area contributed by atoms with Gasteiger partial charge in [-0.3, -0.25) is 9.59 Å². The van der Waals surface area contributed by atoms with Gasteiger partial charge in [0, 0.05) is 12.8 Å². The molecule has 0 unspecified atom stereocenters. The number of Topliss-reactive ketones (excluding diaryl/α,β-unsaturated/α-hetero) is 1. The number of nitrogens with one attached hydrogen (secondary N) is 1. The average Bonchev–Trinajstić information content (AvgIpc) is 2.52. The maximum absolute atomic E-state index is 11.3. The van der Waals surface area contributed by atoms with Crippen LogP contribution in [0.2, 0.25) is 0 Å². The molecule has 15 heavy (non-hydrogen) atoms. The molecule has 1 N–H and O–H groups in total. The molecule has 5 heteroatoms. The van der Waals surface area contributed by atoms with E-state index in [9.17, 15) is 14.4 Å². The van der Waals surface area contributed by atoms with E-state index in [1.54, 1.807) is 0 Å². The van der Waals surface area contributed by atoms with E-state index in [1.807, 2.05) is 6.92 Å². The predicted molar refractivity (Wildman–Crippen MR) is 52.0 cm³/mol. The Kier molecular flexibility index (Phi) is 4.27. The van der Waals surface area contributed by atoms with E-state index in [1.165, 1.54) is 0 Å². The normalized spacial score (nSPS) is 19.8. The first-order valence-corrected chi connectivity index (χ1v) is 5.11. The third-order valence-electron chi connectivity index (χ3n) is 2.16. The summed E-state index contributed by atoms with van der Waals surface area (Å²) < 4.78 is 4.68. The number of ketones is 1. The fourth-order valence-corrected chi connectivity index (χ4v) is 1.42. The summed E-state index contributed by atoms with van der Waals surface area (Å²) in [5, 5.41) is 2.48. The summed E-state index contributed by atoms with van der Waals surface area (Å²) in [5.74, 6) is -0.898. The molecule has 1 saturated heterocycles. The van der Waals surface area contributed by atoms with Crippen LogP contribution in [-0.4, -0.2) is 30.3 Å². The molecule has 1 aliphatic rings. The summed E-state index contributed by atoms with van der Waals surface area (Å²) in [6, 6.07) is -0.563. The van der Waals surface area contributed by atoms with Crippen LogP contribution in [0.25, 0.3) is 0 Å². The Hall–Kier alpha value is -1.39. The van der Waals surface area contributed by atoms with Crippen molar-refractivity contribution in [3.8, 4) is 0 Å². The zero-order chi connectivity index (χ0) is 11.3. The third-order valence-corrected chi connectivity index (χ3v) is 2.16. The van der Waals surface area contributed by atoms with E-state index in [0.29, 0.717) is 19.4 Å². The third kappa shape index (κ3) is 3.69. The van der Waals surface area contributed by atoms with Crippen molar-refractivity contribution in [3.05, 3.63) is 0 Å². The van der Waals surface area contributed by atoms with Crippen LogP contribution in [0, 0.1) is 0 Å². The van der Waals surface area contributed by atoms with Gasteiger partial charge < -0.3 is 10.1 Å². The zero-order valence-electron chi connectivity index (χ0n) is 8.75. The molecule has 1 rings (SSSR count). The van der Waals surface area contributed by atoms with E-state index in [-0.39, 0.29) is 12.2 Å². The monoisotopic (exact) mass is 213 g/mol. The first-order valence-electron chi connectivity index (χ1n) is 5.11. The van der Waals surface area contributed by atoms with Gasteiger partial charge in [0.15, 0.2) is 0 Å². The molecule has 0 aromatic rings. The Morgan fingerprint density at radius 2 is 2.27 bits per heavy atom. The lowest BCUT2D eigenvalue weighted by molar-refractivity contribution is -0.142. The number of ether oxygens (including phenoxy) is 1. The number of cyclic esters (lactones) is 1. The van der Waals surface area contributed by atoms with Crippen molar-refractivity contribution in [1.82, 2.24) is 5.32 Å². The van der Waals surface area contributed by atoms with Crippen LogP contribution in [0.5, 0.6) is 0 Å². The number of carbonyl (C=O) groups is 3. The molecule has 84 valence electrons. The summed E-state index contributed by atoms with van der Waals surface area (Å²) in [4.78, 5) is 33.4. The minimum atomic E-state index is -0.563. The van der Waals surface area contributed by atoms with Gasteiger partial charge in [-0.15, -0.1) is 0 Å². The van der Waals surface area contributed by atoms with Gasteiger partial charge in [-0.25, -0.2) is 4.79 Å². The van der Waals surface area contributed by atoms with Crippen LogP contribution in [0.1, 0.15) is 32.6 Å². The summed E-state index contributed by atoms with van der Waals surface area (Å²) >= 11 is 0. The van der Waals surface area contributed by atoms with Crippen LogP contribution in [0.15, 0.2) is 0 Å². The van der Waals surface area contributed by atoms with Gasteiger partial charge in [-0.1, -0.05) is 6.92 Å². The second-order valence-corrected chi connectivity index (χ2v) is 3.54. The van der Waals surface area contributed by atoms with Crippen molar-refractivity contribution in [1.29, 1.82) is 0 Å².